The number of piperazine rings is 1. The molecular formula is C18H30N4O2. The Bertz CT molecular complexity index is 513. The minimum absolute atomic E-state index is 0.0464. The molecule has 134 valence electrons. The first-order chi connectivity index (χ1) is 11.6. The van der Waals surface area contributed by atoms with Crippen molar-refractivity contribution in [2.75, 3.05) is 67.0 Å². The minimum Gasteiger partial charge on any atom is -0.497 e. The lowest BCUT2D eigenvalue weighted by Crippen LogP contribution is -2.52. The Morgan fingerprint density at radius 2 is 2.00 bits per heavy atom. The Morgan fingerprint density at radius 3 is 2.67 bits per heavy atom. The van der Waals surface area contributed by atoms with E-state index >= 15 is 0 Å². The van der Waals surface area contributed by atoms with E-state index in [0.717, 1.165) is 51.4 Å². The van der Waals surface area contributed by atoms with Gasteiger partial charge >= 0.3 is 6.03 Å². The van der Waals surface area contributed by atoms with Gasteiger partial charge in [0, 0.05) is 45.8 Å². The monoisotopic (exact) mass is 334 g/mol. The number of carbonyl (C=O) groups is 1. The highest BCUT2D eigenvalue weighted by atomic mass is 16.5. The van der Waals surface area contributed by atoms with Crippen molar-refractivity contribution < 1.29 is 9.53 Å². The van der Waals surface area contributed by atoms with Gasteiger partial charge in [-0.2, -0.15) is 0 Å². The van der Waals surface area contributed by atoms with Crippen LogP contribution in [0.5, 0.6) is 5.75 Å². The molecule has 2 amide bonds. The van der Waals surface area contributed by atoms with Gasteiger partial charge in [-0.15, -0.1) is 0 Å². The first-order valence-corrected chi connectivity index (χ1v) is 8.61. The predicted octanol–water partition coefficient (Wildman–Crippen LogP) is 1.13. The molecule has 0 aliphatic carbocycles. The number of urea groups is 1. The van der Waals surface area contributed by atoms with Crippen molar-refractivity contribution in [1.29, 1.82) is 0 Å². The van der Waals surface area contributed by atoms with Crippen LogP contribution in [0.4, 0.5) is 4.79 Å². The van der Waals surface area contributed by atoms with E-state index in [1.807, 2.05) is 23.1 Å². The van der Waals surface area contributed by atoms with Gasteiger partial charge in [-0.05, 0) is 38.2 Å². The Kier molecular flexibility index (Phi) is 7.34. The number of rotatable bonds is 7. The molecule has 0 bridgehead atoms. The van der Waals surface area contributed by atoms with Gasteiger partial charge in [0.1, 0.15) is 5.75 Å². The van der Waals surface area contributed by atoms with Gasteiger partial charge in [0.15, 0.2) is 0 Å². The van der Waals surface area contributed by atoms with Gasteiger partial charge < -0.3 is 19.9 Å². The van der Waals surface area contributed by atoms with Gasteiger partial charge in [0.05, 0.1) is 7.11 Å². The number of nitrogens with zero attached hydrogens (tertiary/aromatic N) is 3. The molecule has 1 fully saturated rings. The molecule has 0 aromatic heterocycles. The summed E-state index contributed by atoms with van der Waals surface area (Å²) in [5.41, 5.74) is 1.17. The normalized spacial score (nSPS) is 15.6. The van der Waals surface area contributed by atoms with Gasteiger partial charge in [-0.1, -0.05) is 12.1 Å². The van der Waals surface area contributed by atoms with E-state index in [2.05, 4.69) is 35.3 Å². The van der Waals surface area contributed by atoms with Crippen molar-refractivity contribution in [3.8, 4) is 5.75 Å². The first kappa shape index (κ1) is 18.5. The number of hydrogen-bond acceptors (Lipinski definition) is 4. The predicted molar refractivity (Wildman–Crippen MR) is 96.7 cm³/mol. The second kappa shape index (κ2) is 9.49. The zero-order valence-corrected chi connectivity index (χ0v) is 15.1. The number of carbonyl (C=O) groups excluding carboxylic acids is 1. The zero-order valence-electron chi connectivity index (χ0n) is 15.1. The Morgan fingerprint density at radius 1 is 1.25 bits per heavy atom. The number of benzene rings is 1. The van der Waals surface area contributed by atoms with Crippen LogP contribution in [0, 0.1) is 0 Å². The summed E-state index contributed by atoms with van der Waals surface area (Å²) >= 11 is 0. The lowest BCUT2D eigenvalue weighted by Gasteiger charge is -2.35. The van der Waals surface area contributed by atoms with Gasteiger partial charge in [0.2, 0.25) is 0 Å². The van der Waals surface area contributed by atoms with Crippen molar-refractivity contribution in [3.63, 3.8) is 0 Å². The smallest absolute Gasteiger partial charge is 0.317 e. The van der Waals surface area contributed by atoms with Crippen LogP contribution in [0.1, 0.15) is 5.56 Å². The second-order valence-electron chi connectivity index (χ2n) is 6.47. The fourth-order valence-corrected chi connectivity index (χ4v) is 2.77. The summed E-state index contributed by atoms with van der Waals surface area (Å²) in [4.78, 5) is 18.8. The van der Waals surface area contributed by atoms with Crippen molar-refractivity contribution in [2.24, 2.45) is 0 Å². The van der Waals surface area contributed by atoms with E-state index < -0.39 is 0 Å². The Balaban J connectivity index is 1.66. The third-order valence-electron chi connectivity index (χ3n) is 4.35. The fourth-order valence-electron chi connectivity index (χ4n) is 2.77. The molecule has 1 aromatic rings. The molecule has 1 aliphatic rings. The molecule has 0 atom stereocenters. The van der Waals surface area contributed by atoms with Crippen LogP contribution >= 0.6 is 0 Å². The molecule has 0 saturated carbocycles. The molecule has 6 heteroatoms. The van der Waals surface area contributed by atoms with Gasteiger partial charge in [-0.25, -0.2) is 4.79 Å². The second-order valence-corrected chi connectivity index (χ2v) is 6.47. The van der Waals surface area contributed by atoms with Crippen molar-refractivity contribution in [3.05, 3.63) is 29.8 Å². The third-order valence-corrected chi connectivity index (χ3v) is 4.35. The average molecular weight is 334 g/mol. The Labute approximate surface area is 145 Å². The third kappa shape index (κ3) is 6.02. The lowest BCUT2D eigenvalue weighted by molar-refractivity contribution is 0.133. The quantitative estimate of drug-likeness (QED) is 0.812. The number of amides is 2. The minimum atomic E-state index is 0.0464. The molecule has 24 heavy (non-hydrogen) atoms. The van der Waals surface area contributed by atoms with Crippen molar-refractivity contribution >= 4 is 6.03 Å². The maximum absolute atomic E-state index is 12.2. The Hall–Kier alpha value is -1.79. The maximum atomic E-state index is 12.2. The summed E-state index contributed by atoms with van der Waals surface area (Å²) in [6.07, 6.45) is 0.811. The van der Waals surface area contributed by atoms with Crippen molar-refractivity contribution in [1.82, 2.24) is 20.0 Å². The molecule has 1 heterocycles. The molecule has 1 N–H and O–H groups in total. The molecule has 0 spiro atoms. The summed E-state index contributed by atoms with van der Waals surface area (Å²) < 4.78 is 5.22. The molecule has 0 unspecified atom stereocenters. The average Bonchev–Trinajstić information content (AvgIpc) is 2.60. The van der Waals surface area contributed by atoms with E-state index in [1.165, 1.54) is 5.56 Å². The summed E-state index contributed by atoms with van der Waals surface area (Å²) in [5, 5.41) is 3.02. The van der Waals surface area contributed by atoms with Crippen LogP contribution < -0.4 is 10.1 Å². The molecule has 2 rings (SSSR count). The molecule has 1 aromatic carbocycles. The van der Waals surface area contributed by atoms with E-state index in [4.69, 9.17) is 4.74 Å². The number of methoxy groups -OCH3 is 1. The summed E-state index contributed by atoms with van der Waals surface area (Å²) in [7, 11) is 5.84. The molecule has 0 radical (unpaired) electrons. The van der Waals surface area contributed by atoms with Gasteiger partial charge in [-0.3, -0.25) is 4.90 Å². The lowest BCUT2D eigenvalue weighted by atomic mass is 10.1. The number of ether oxygens (including phenoxy) is 1. The number of likely N-dealkylation sites (N-methyl/N-ethyl adjacent to an activating group) is 1. The summed E-state index contributed by atoms with van der Waals surface area (Å²) in [6.45, 7) is 6.29. The highest BCUT2D eigenvalue weighted by molar-refractivity contribution is 5.74. The van der Waals surface area contributed by atoms with Crippen LogP contribution in [0.15, 0.2) is 24.3 Å². The van der Waals surface area contributed by atoms with Crippen LogP contribution in [-0.2, 0) is 6.42 Å². The number of nitrogens with one attached hydrogen (secondary N) is 1. The van der Waals surface area contributed by atoms with Crippen LogP contribution in [0.25, 0.3) is 0 Å². The van der Waals surface area contributed by atoms with E-state index in [0.29, 0.717) is 6.54 Å². The summed E-state index contributed by atoms with van der Waals surface area (Å²) in [5.74, 6) is 0.854. The highest BCUT2D eigenvalue weighted by Gasteiger charge is 2.20. The molecule has 1 saturated heterocycles. The van der Waals surface area contributed by atoms with E-state index in [1.54, 1.807) is 7.11 Å². The SMILES string of the molecule is COc1cccc(CCNC(=O)N2CCN(CCN(C)C)CC2)c1. The van der Waals surface area contributed by atoms with Gasteiger partial charge in [0.25, 0.3) is 0 Å². The van der Waals surface area contributed by atoms with Crippen LogP contribution in [0.3, 0.4) is 0 Å². The van der Waals surface area contributed by atoms with E-state index in [-0.39, 0.29) is 6.03 Å². The van der Waals surface area contributed by atoms with Crippen molar-refractivity contribution in [2.45, 2.75) is 6.42 Å². The highest BCUT2D eigenvalue weighted by Crippen LogP contribution is 2.12. The molecule has 1 aliphatic heterocycles. The largest absolute Gasteiger partial charge is 0.497 e. The van der Waals surface area contributed by atoms with E-state index in [9.17, 15) is 4.79 Å². The molecular weight excluding hydrogens is 304 g/mol. The first-order valence-electron chi connectivity index (χ1n) is 8.61. The topological polar surface area (TPSA) is 48.1 Å². The standard InChI is InChI=1S/C18H30N4O2/c1-20(2)9-10-21-11-13-22(14-12-21)18(23)19-8-7-16-5-4-6-17(15-16)24-3/h4-6,15H,7-14H2,1-3H3,(H,19,23). The molecule has 6 nitrogen and oxygen atoms in total. The number of hydrogen-bond donors (Lipinski definition) is 1. The fraction of sp³-hybridized carbons (Fsp3) is 0.611. The van der Waals surface area contributed by atoms with Crippen LogP contribution in [-0.4, -0.2) is 87.7 Å². The summed E-state index contributed by atoms with van der Waals surface area (Å²) in [6, 6.07) is 8.01. The zero-order chi connectivity index (χ0) is 17.4. The van der Waals surface area contributed by atoms with Crippen LogP contribution in [0.2, 0.25) is 0 Å². The maximum Gasteiger partial charge on any atom is 0.317 e.